The van der Waals surface area contributed by atoms with E-state index < -0.39 is 11.9 Å². The third-order valence-corrected chi connectivity index (χ3v) is 7.59. The number of hydrogen-bond donors (Lipinski definition) is 4. The first-order valence-corrected chi connectivity index (χ1v) is 13.8. The second kappa shape index (κ2) is 12.7. The van der Waals surface area contributed by atoms with E-state index in [-0.39, 0.29) is 41.6 Å². The summed E-state index contributed by atoms with van der Waals surface area (Å²) in [5.41, 5.74) is 8.15. The van der Waals surface area contributed by atoms with Crippen molar-refractivity contribution in [2.24, 2.45) is 11.7 Å². The molecule has 0 saturated carbocycles. The van der Waals surface area contributed by atoms with Crippen molar-refractivity contribution in [2.75, 3.05) is 38.6 Å². The molecule has 4 aromatic rings. The van der Waals surface area contributed by atoms with Crippen LogP contribution in [0.1, 0.15) is 23.2 Å². The summed E-state index contributed by atoms with van der Waals surface area (Å²) in [5, 5.41) is 15.7. The zero-order chi connectivity index (χ0) is 29.8. The number of anilines is 2. The summed E-state index contributed by atoms with van der Waals surface area (Å²) in [7, 11) is 1.41. The molecule has 1 aliphatic rings. The fourth-order valence-electron chi connectivity index (χ4n) is 4.91. The molecule has 42 heavy (non-hydrogen) atoms. The number of fused-ring (bicyclic) bond motifs is 1. The Morgan fingerprint density at radius 3 is 2.69 bits per heavy atom. The van der Waals surface area contributed by atoms with Gasteiger partial charge in [0.15, 0.2) is 23.0 Å². The number of amides is 2. The minimum absolute atomic E-state index is 0.0751. The lowest BCUT2D eigenvalue weighted by Gasteiger charge is -2.31. The molecular weight excluding hydrogens is 565 g/mol. The number of piperidine rings is 1. The molecule has 11 nitrogen and oxygen atoms in total. The largest absolute Gasteiger partial charge is 0.494 e. The maximum Gasteiger partial charge on any atom is 0.255 e. The number of halogens is 2. The van der Waals surface area contributed by atoms with Gasteiger partial charge in [-0.2, -0.15) is 0 Å². The van der Waals surface area contributed by atoms with Crippen LogP contribution in [0.3, 0.4) is 0 Å². The molecule has 0 spiro atoms. The van der Waals surface area contributed by atoms with Crippen LogP contribution in [0.4, 0.5) is 15.9 Å². The zero-order valence-electron chi connectivity index (χ0n) is 22.9. The van der Waals surface area contributed by atoms with E-state index in [1.807, 2.05) is 0 Å². The van der Waals surface area contributed by atoms with Gasteiger partial charge >= 0.3 is 0 Å². The van der Waals surface area contributed by atoms with Crippen LogP contribution < -0.4 is 21.1 Å². The lowest BCUT2D eigenvalue weighted by atomic mass is 9.95. The summed E-state index contributed by atoms with van der Waals surface area (Å²) < 4.78 is 21.1. The first-order chi connectivity index (χ1) is 20.3. The number of methoxy groups -OCH3 is 1. The van der Waals surface area contributed by atoms with E-state index in [1.54, 1.807) is 58.2 Å². The van der Waals surface area contributed by atoms with Gasteiger partial charge in [-0.3, -0.25) is 14.0 Å². The number of rotatable bonds is 9. The Labute approximate surface area is 246 Å². The first kappa shape index (κ1) is 29.2. The second-order valence-electron chi connectivity index (χ2n) is 9.98. The van der Waals surface area contributed by atoms with Crippen molar-refractivity contribution in [3.63, 3.8) is 0 Å². The molecule has 3 heterocycles. The van der Waals surface area contributed by atoms with Gasteiger partial charge in [0, 0.05) is 55.7 Å². The third kappa shape index (κ3) is 6.15. The number of nitrogens with zero attached hydrogens (tertiary/aromatic N) is 4. The normalized spacial score (nSPS) is 14.5. The number of imidazole rings is 1. The van der Waals surface area contributed by atoms with Crippen LogP contribution in [0.25, 0.3) is 16.9 Å². The number of likely N-dealkylation sites (tertiary alicyclic amines) is 1. The summed E-state index contributed by atoms with van der Waals surface area (Å²) in [6, 6.07) is 9.72. The number of carbonyl (C=O) groups is 2. The monoisotopic (exact) mass is 595 g/mol. The van der Waals surface area contributed by atoms with Gasteiger partial charge in [-0.15, -0.1) is 0 Å². The summed E-state index contributed by atoms with van der Waals surface area (Å²) >= 11 is 6.54. The van der Waals surface area contributed by atoms with Gasteiger partial charge in [0.2, 0.25) is 5.91 Å². The Bertz CT molecular complexity index is 1610. The van der Waals surface area contributed by atoms with Crippen molar-refractivity contribution in [1.82, 2.24) is 24.6 Å². The summed E-state index contributed by atoms with van der Waals surface area (Å²) in [6.07, 6.45) is 5.22. The number of carbonyl (C=O) groups excluding carboxylic acids is 2. The van der Waals surface area contributed by atoms with Crippen LogP contribution in [0.2, 0.25) is 5.02 Å². The molecule has 220 valence electrons. The molecule has 2 aromatic heterocycles. The highest BCUT2D eigenvalue weighted by Gasteiger charge is 2.29. The Hall–Kier alpha value is -4.26. The summed E-state index contributed by atoms with van der Waals surface area (Å²) in [4.78, 5) is 36.2. The third-order valence-electron chi connectivity index (χ3n) is 7.27. The predicted molar refractivity (Wildman–Crippen MR) is 156 cm³/mol. The number of nitrogens with two attached hydrogens (primary N) is 1. The highest BCUT2D eigenvalue weighted by molar-refractivity contribution is 6.34. The minimum Gasteiger partial charge on any atom is -0.494 e. The van der Waals surface area contributed by atoms with Crippen molar-refractivity contribution >= 4 is 40.6 Å². The first-order valence-electron chi connectivity index (χ1n) is 13.5. The van der Waals surface area contributed by atoms with Gasteiger partial charge in [-0.25, -0.2) is 14.4 Å². The van der Waals surface area contributed by atoms with Crippen molar-refractivity contribution in [3.8, 4) is 17.0 Å². The Morgan fingerprint density at radius 2 is 2.00 bits per heavy atom. The number of aliphatic hydroxyl groups excluding tert-OH is 1. The number of nitrogens with one attached hydrogen (secondary N) is 2. The van der Waals surface area contributed by atoms with E-state index >= 15 is 0 Å². The molecule has 0 bridgehead atoms. The van der Waals surface area contributed by atoms with Crippen molar-refractivity contribution in [2.45, 2.75) is 18.9 Å². The van der Waals surface area contributed by atoms with Crippen molar-refractivity contribution in [3.05, 3.63) is 71.4 Å². The molecule has 1 atom stereocenters. The molecule has 2 aromatic carbocycles. The maximum absolute atomic E-state index is 14.3. The highest BCUT2D eigenvalue weighted by atomic mass is 35.5. The van der Waals surface area contributed by atoms with Crippen LogP contribution in [-0.2, 0) is 4.79 Å². The minimum atomic E-state index is -0.776. The van der Waals surface area contributed by atoms with Crippen molar-refractivity contribution in [1.29, 1.82) is 0 Å². The van der Waals surface area contributed by atoms with Gasteiger partial charge in [-0.05, 0) is 49.2 Å². The average Bonchev–Trinajstić information content (AvgIpc) is 3.45. The molecule has 1 unspecified atom stereocenters. The average molecular weight is 596 g/mol. The topological polar surface area (TPSA) is 147 Å². The van der Waals surface area contributed by atoms with Crippen LogP contribution in [-0.4, -0.2) is 75.6 Å². The molecular formula is C29H31ClFN7O4. The SMILES string of the molecule is COc1ccc(-c2cnc3c(Nc4ccc(C(=O)N5CCC(C(=O)NCC(O)CN)CC5)c(Cl)c4)nccn23)cc1F. The molecule has 2 amide bonds. The molecule has 1 aliphatic heterocycles. The van der Waals surface area contributed by atoms with Crippen LogP contribution in [0.5, 0.6) is 5.75 Å². The standard InChI is InChI=1S/C29H31ClFN7O4/c1-42-25-5-2-18(12-23(25)31)24-16-34-27-26(33-8-11-38(24)27)36-19-3-4-21(22(30)13-19)29(41)37-9-6-17(7-10-37)28(40)35-15-20(39)14-32/h2-5,8,11-13,16-17,20,39H,6-7,9-10,14-15,32H2,1H3,(H,33,36)(H,35,40). The number of ether oxygens (including phenoxy) is 1. The van der Waals surface area contributed by atoms with E-state index in [0.29, 0.717) is 59.9 Å². The highest BCUT2D eigenvalue weighted by Crippen LogP contribution is 2.30. The predicted octanol–water partition coefficient (Wildman–Crippen LogP) is 3.23. The van der Waals surface area contributed by atoms with E-state index in [9.17, 15) is 19.1 Å². The Morgan fingerprint density at radius 1 is 1.21 bits per heavy atom. The van der Waals surface area contributed by atoms with Crippen molar-refractivity contribution < 1.29 is 23.8 Å². The number of hydrogen-bond acceptors (Lipinski definition) is 8. The van der Waals surface area contributed by atoms with Crippen LogP contribution in [0, 0.1) is 11.7 Å². The molecule has 0 radical (unpaired) electrons. The lowest BCUT2D eigenvalue weighted by Crippen LogP contribution is -2.45. The van der Waals surface area contributed by atoms with Gasteiger partial charge in [-0.1, -0.05) is 11.6 Å². The quantitative estimate of drug-likeness (QED) is 0.231. The molecule has 0 aliphatic carbocycles. The smallest absolute Gasteiger partial charge is 0.255 e. The Balaban J connectivity index is 1.26. The number of aliphatic hydroxyl groups is 1. The molecule has 5 rings (SSSR count). The molecule has 5 N–H and O–H groups in total. The maximum atomic E-state index is 14.3. The lowest BCUT2D eigenvalue weighted by molar-refractivity contribution is -0.126. The van der Waals surface area contributed by atoms with Crippen LogP contribution >= 0.6 is 11.6 Å². The second-order valence-corrected chi connectivity index (χ2v) is 10.4. The van der Waals surface area contributed by atoms with Gasteiger partial charge < -0.3 is 31.1 Å². The fraction of sp³-hybridized carbons (Fsp3) is 0.310. The fourth-order valence-corrected chi connectivity index (χ4v) is 5.17. The van der Waals surface area contributed by atoms with E-state index in [4.69, 9.17) is 22.1 Å². The van der Waals surface area contributed by atoms with Gasteiger partial charge in [0.05, 0.1) is 35.7 Å². The molecule has 13 heteroatoms. The Kier molecular flexibility index (Phi) is 8.86. The molecule has 1 saturated heterocycles. The number of aromatic nitrogens is 3. The zero-order valence-corrected chi connectivity index (χ0v) is 23.6. The number of benzene rings is 2. The van der Waals surface area contributed by atoms with E-state index in [2.05, 4.69) is 20.6 Å². The van der Waals surface area contributed by atoms with E-state index in [1.165, 1.54) is 13.2 Å². The summed E-state index contributed by atoms with van der Waals surface area (Å²) in [6.45, 7) is 1.02. The van der Waals surface area contributed by atoms with E-state index in [0.717, 1.165) is 0 Å². The van der Waals surface area contributed by atoms with Crippen LogP contribution in [0.15, 0.2) is 55.0 Å². The van der Waals surface area contributed by atoms with Gasteiger partial charge in [0.1, 0.15) is 0 Å². The summed E-state index contributed by atoms with van der Waals surface area (Å²) in [5.74, 6) is -0.463. The molecule has 1 fully saturated rings. The van der Waals surface area contributed by atoms with Gasteiger partial charge in [0.25, 0.3) is 5.91 Å².